The third kappa shape index (κ3) is 5.30. The highest BCUT2D eigenvalue weighted by molar-refractivity contribution is 6.07. The highest BCUT2D eigenvalue weighted by Crippen LogP contribution is 2.29. The number of benzene rings is 2. The van der Waals surface area contributed by atoms with Gasteiger partial charge in [-0.2, -0.15) is 0 Å². The zero-order chi connectivity index (χ0) is 24.2. The van der Waals surface area contributed by atoms with E-state index in [1.807, 2.05) is 20.2 Å². The van der Waals surface area contributed by atoms with Gasteiger partial charge in [0.25, 0.3) is 11.8 Å². The molecule has 0 bridgehead atoms. The normalized spacial score (nSPS) is 18.1. The Morgan fingerprint density at radius 3 is 2.47 bits per heavy atom. The van der Waals surface area contributed by atoms with Gasteiger partial charge in [-0.3, -0.25) is 9.59 Å². The number of likely N-dealkylation sites (N-methyl/N-ethyl adjacent to an activating group) is 1. The average Bonchev–Trinajstić information content (AvgIpc) is 3.34. The molecule has 1 fully saturated rings. The molecule has 2 aromatic carbocycles. The Kier molecular flexibility index (Phi) is 7.32. The first-order valence-corrected chi connectivity index (χ1v) is 11.9. The number of amides is 2. The maximum atomic E-state index is 14.9. The molecule has 1 heterocycles. The third-order valence-corrected chi connectivity index (χ3v) is 6.83. The van der Waals surface area contributed by atoms with Crippen LogP contribution in [0.5, 0.6) is 0 Å². The van der Waals surface area contributed by atoms with Crippen molar-refractivity contribution in [3.8, 4) is 0 Å². The van der Waals surface area contributed by atoms with Crippen molar-refractivity contribution >= 4 is 28.9 Å². The Morgan fingerprint density at radius 1 is 1.09 bits per heavy atom. The average molecular weight is 467 g/mol. The molecular formula is C27H35FN4O2. The molecular weight excluding hydrogens is 431 g/mol. The molecule has 0 saturated carbocycles. The lowest BCUT2D eigenvalue weighted by Gasteiger charge is -2.24. The zero-order valence-electron chi connectivity index (χ0n) is 20.2. The van der Waals surface area contributed by atoms with Crippen molar-refractivity contribution < 1.29 is 15.4 Å². The van der Waals surface area contributed by atoms with Crippen LogP contribution >= 0.6 is 0 Å². The van der Waals surface area contributed by atoms with Crippen molar-refractivity contribution in [3.63, 3.8) is 0 Å². The van der Waals surface area contributed by atoms with Crippen molar-refractivity contribution in [1.82, 2.24) is 4.90 Å². The zero-order valence-corrected chi connectivity index (χ0v) is 20.2. The molecule has 2 amide bonds. The largest absolute Gasteiger partial charge is 0.368 e. The monoisotopic (exact) mass is 466 g/mol. The molecule has 1 saturated heterocycles. The van der Waals surface area contributed by atoms with Crippen LogP contribution < -0.4 is 15.1 Å². The number of carbonyl (C=O) groups excluding carboxylic acids is 2. The molecule has 1 aliphatic heterocycles. The van der Waals surface area contributed by atoms with Crippen LogP contribution in [0.2, 0.25) is 0 Å². The molecule has 0 radical (unpaired) electrons. The number of halogens is 1. The summed E-state index contributed by atoms with van der Waals surface area (Å²) in [5.41, 5.74) is 3.00. The summed E-state index contributed by atoms with van der Waals surface area (Å²) < 4.78 is 14.9. The lowest BCUT2D eigenvalue weighted by Crippen LogP contribution is -2.31. The summed E-state index contributed by atoms with van der Waals surface area (Å²) in [5, 5.41) is 2.90. The van der Waals surface area contributed by atoms with Crippen molar-refractivity contribution in [2.24, 2.45) is 0 Å². The smallest absolute Gasteiger partial charge is 0.258 e. The van der Waals surface area contributed by atoms with Gasteiger partial charge >= 0.3 is 0 Å². The second-order valence-corrected chi connectivity index (χ2v) is 9.36. The number of anilines is 3. The first-order chi connectivity index (χ1) is 16.3. The van der Waals surface area contributed by atoms with E-state index in [4.69, 9.17) is 0 Å². The molecule has 1 unspecified atom stereocenters. The lowest BCUT2D eigenvalue weighted by atomic mass is 9.99. The second kappa shape index (κ2) is 10.4. The quantitative estimate of drug-likeness (QED) is 0.656. The van der Waals surface area contributed by atoms with Crippen LogP contribution in [0, 0.1) is 5.82 Å². The topological polar surface area (TPSA) is 55.9 Å². The van der Waals surface area contributed by atoms with Crippen LogP contribution in [-0.2, 0) is 4.79 Å². The lowest BCUT2D eigenvalue weighted by molar-refractivity contribution is -0.113. The maximum Gasteiger partial charge on any atom is 0.258 e. The van der Waals surface area contributed by atoms with Crippen LogP contribution in [-0.4, -0.2) is 57.0 Å². The minimum atomic E-state index is -0.327. The Hall–Kier alpha value is -3.19. The van der Waals surface area contributed by atoms with Crippen molar-refractivity contribution in [2.75, 3.05) is 49.3 Å². The van der Waals surface area contributed by atoms with Crippen molar-refractivity contribution in [3.05, 3.63) is 65.5 Å². The fourth-order valence-electron chi connectivity index (χ4n) is 4.61. The molecule has 6 nitrogen and oxygen atoms in total. The van der Waals surface area contributed by atoms with E-state index in [1.54, 1.807) is 43.4 Å². The van der Waals surface area contributed by atoms with E-state index in [-0.39, 0.29) is 19.1 Å². The maximum absolute atomic E-state index is 14.9. The molecule has 2 aliphatic rings. The summed E-state index contributed by atoms with van der Waals surface area (Å²) in [4.78, 5) is 31.0. The van der Waals surface area contributed by atoms with Crippen LogP contribution in [0.25, 0.3) is 0 Å². The highest BCUT2D eigenvalue weighted by Gasteiger charge is 2.26. The van der Waals surface area contributed by atoms with Crippen LogP contribution in [0.1, 0.15) is 43.9 Å². The summed E-state index contributed by atoms with van der Waals surface area (Å²) in [5.74, 6) is -0.651. The predicted octanol–water partition coefficient (Wildman–Crippen LogP) is 4.93. The Bertz CT molecular complexity index is 1090. The summed E-state index contributed by atoms with van der Waals surface area (Å²) in [7, 11) is 5.73. The van der Waals surface area contributed by atoms with Gasteiger partial charge in [0.2, 0.25) is 0 Å². The van der Waals surface area contributed by atoms with Crippen LogP contribution in [0.3, 0.4) is 0 Å². The highest BCUT2D eigenvalue weighted by atomic mass is 19.1. The first kappa shape index (κ1) is 24.0. The van der Waals surface area contributed by atoms with Gasteiger partial charge in [-0.1, -0.05) is 6.08 Å². The van der Waals surface area contributed by atoms with E-state index in [0.717, 1.165) is 50.8 Å². The van der Waals surface area contributed by atoms with Gasteiger partial charge in [0.05, 0.1) is 5.69 Å². The second-order valence-electron chi connectivity index (χ2n) is 9.36. The van der Waals surface area contributed by atoms with E-state index in [0.29, 0.717) is 28.7 Å². The molecule has 1 atom stereocenters. The fourth-order valence-corrected chi connectivity index (χ4v) is 4.61. The van der Waals surface area contributed by atoms with Crippen LogP contribution in [0.15, 0.2) is 54.1 Å². The van der Waals surface area contributed by atoms with Gasteiger partial charge in [0.1, 0.15) is 5.82 Å². The van der Waals surface area contributed by atoms with E-state index in [2.05, 4.69) is 15.1 Å². The van der Waals surface area contributed by atoms with Gasteiger partial charge in [0, 0.05) is 50.1 Å². The van der Waals surface area contributed by atoms with Crippen molar-refractivity contribution in [1.29, 1.82) is 0 Å². The molecule has 0 aromatic heterocycles. The van der Waals surface area contributed by atoms with Gasteiger partial charge in [0.15, 0.2) is 0 Å². The molecule has 2 aromatic rings. The number of rotatable bonds is 6. The van der Waals surface area contributed by atoms with E-state index < -0.39 is 0 Å². The number of carbonyl (C=O) groups is 2. The van der Waals surface area contributed by atoms with Crippen LogP contribution in [0.4, 0.5) is 21.5 Å². The number of nitrogens with zero attached hydrogens (tertiary/aromatic N) is 3. The standard InChI is InChI=1S/C27H33FN4O2.H2/c1-30(2)23-15-16-32(18-23)25-14-13-22(17-24(25)28)31(3)27(34)20-9-11-21(12-10-20)29-26(33)19-7-5-4-6-8-19;/h7,9-14,17,23H,4-6,8,15-16,18H2,1-3H3,(H,29,33);1H. The number of nitrogens with one attached hydrogen (secondary N) is 1. The summed E-state index contributed by atoms with van der Waals surface area (Å²) in [6, 6.07) is 12.2. The van der Waals surface area contributed by atoms with Gasteiger partial charge in [-0.25, -0.2) is 4.39 Å². The number of hydrogen-bond acceptors (Lipinski definition) is 4. The number of allylic oxidation sites excluding steroid dienone is 1. The molecule has 182 valence electrons. The summed E-state index contributed by atoms with van der Waals surface area (Å²) in [6.45, 7) is 1.60. The Labute approximate surface area is 202 Å². The van der Waals surface area contributed by atoms with Crippen molar-refractivity contribution in [2.45, 2.75) is 38.1 Å². The van der Waals surface area contributed by atoms with Gasteiger partial charge in [-0.15, -0.1) is 0 Å². The molecule has 1 aliphatic carbocycles. The first-order valence-electron chi connectivity index (χ1n) is 11.9. The fraction of sp³-hybridized carbons (Fsp3) is 0.407. The minimum absolute atomic E-state index is 0. The molecule has 0 spiro atoms. The Morgan fingerprint density at radius 2 is 1.85 bits per heavy atom. The van der Waals surface area contributed by atoms with E-state index in [9.17, 15) is 14.0 Å². The molecule has 7 heteroatoms. The van der Waals surface area contributed by atoms with E-state index in [1.165, 1.54) is 11.0 Å². The number of hydrogen-bond donors (Lipinski definition) is 1. The van der Waals surface area contributed by atoms with Gasteiger partial charge in [-0.05, 0) is 88.7 Å². The summed E-state index contributed by atoms with van der Waals surface area (Å²) >= 11 is 0. The third-order valence-electron chi connectivity index (χ3n) is 6.83. The Balaban J connectivity index is 0.00000342. The predicted molar refractivity (Wildman–Crippen MR) is 137 cm³/mol. The molecule has 1 N–H and O–H groups in total. The molecule has 4 rings (SSSR count). The SMILES string of the molecule is CN(C(=O)c1ccc(NC(=O)C2=CCCCC2)cc1)c1ccc(N2CCC(N(C)C)C2)c(F)c1.[HH]. The minimum Gasteiger partial charge on any atom is -0.368 e. The van der Waals surface area contributed by atoms with E-state index >= 15 is 0 Å². The molecule has 34 heavy (non-hydrogen) atoms. The van der Waals surface area contributed by atoms with Gasteiger partial charge < -0.3 is 20.0 Å². The summed E-state index contributed by atoms with van der Waals surface area (Å²) in [6.07, 6.45) is 6.91.